The first-order valence-corrected chi connectivity index (χ1v) is 13.2. The minimum Gasteiger partial charge on any atom is -0.379 e. The average molecular weight is 526 g/mol. The van der Waals surface area contributed by atoms with Gasteiger partial charge in [-0.3, -0.25) is 14.5 Å². The van der Waals surface area contributed by atoms with E-state index in [1.165, 1.54) is 17.7 Å². The summed E-state index contributed by atoms with van der Waals surface area (Å²) in [5.74, 6) is -0.539. The van der Waals surface area contributed by atoms with Crippen molar-refractivity contribution in [2.24, 2.45) is 0 Å². The summed E-state index contributed by atoms with van der Waals surface area (Å²) >= 11 is 0. The monoisotopic (exact) mass is 525 g/mol. The molecule has 1 aliphatic heterocycles. The summed E-state index contributed by atoms with van der Waals surface area (Å²) in [6.07, 6.45) is 3.53. The number of carbonyl (C=O) groups excluding carboxylic acids is 2. The minimum absolute atomic E-state index is 0.225. The van der Waals surface area contributed by atoms with Crippen molar-refractivity contribution < 1.29 is 42.7 Å². The van der Waals surface area contributed by atoms with Gasteiger partial charge in [-0.25, -0.2) is 0 Å². The van der Waals surface area contributed by atoms with Gasteiger partial charge in [0.1, 0.15) is 0 Å². The first kappa shape index (κ1) is 31.3. The zero-order chi connectivity index (χ0) is 26.4. The van der Waals surface area contributed by atoms with Crippen LogP contribution in [0.5, 0.6) is 0 Å². The second kappa shape index (κ2) is 21.1. The number of amides is 2. The van der Waals surface area contributed by atoms with Gasteiger partial charge < -0.3 is 33.2 Å². The zero-order valence-corrected chi connectivity index (χ0v) is 22.2. The van der Waals surface area contributed by atoms with Crippen LogP contribution in [-0.2, 0) is 33.2 Å². The molecule has 210 valence electrons. The van der Waals surface area contributed by atoms with Crippen LogP contribution in [0.3, 0.4) is 0 Å². The molecular formula is C27H43NO9. The number of hydrogen-bond donors (Lipinski definition) is 0. The molecule has 0 spiro atoms. The van der Waals surface area contributed by atoms with E-state index in [-0.39, 0.29) is 25.0 Å². The summed E-state index contributed by atoms with van der Waals surface area (Å²) in [5.41, 5.74) is 0.899. The Balaban J connectivity index is 1.25. The molecule has 0 fully saturated rings. The van der Waals surface area contributed by atoms with Crippen molar-refractivity contribution >= 4 is 11.8 Å². The molecule has 0 saturated heterocycles. The van der Waals surface area contributed by atoms with E-state index in [0.717, 1.165) is 13.0 Å². The van der Waals surface area contributed by atoms with Crippen LogP contribution in [0.25, 0.3) is 0 Å². The van der Waals surface area contributed by atoms with Crippen molar-refractivity contribution in [2.45, 2.75) is 26.2 Å². The number of nitrogens with zero attached hydrogens (tertiary/aromatic N) is 1. The molecule has 1 heterocycles. The van der Waals surface area contributed by atoms with Crippen molar-refractivity contribution in [3.8, 4) is 0 Å². The van der Waals surface area contributed by atoms with Gasteiger partial charge in [-0.05, 0) is 18.6 Å². The van der Waals surface area contributed by atoms with Gasteiger partial charge >= 0.3 is 0 Å². The molecule has 2 rings (SSSR count). The lowest BCUT2D eigenvalue weighted by atomic mass is 10.1. The smallest absolute Gasteiger partial charge is 0.261 e. The normalized spacial score (nSPS) is 13.1. The van der Waals surface area contributed by atoms with Gasteiger partial charge in [-0.1, -0.05) is 31.9 Å². The average Bonchev–Trinajstić information content (AvgIpc) is 3.16. The van der Waals surface area contributed by atoms with Crippen LogP contribution in [0.1, 0.15) is 46.9 Å². The van der Waals surface area contributed by atoms with Crippen LogP contribution in [0.2, 0.25) is 0 Å². The fourth-order valence-electron chi connectivity index (χ4n) is 3.47. The largest absolute Gasteiger partial charge is 0.379 e. The van der Waals surface area contributed by atoms with Crippen LogP contribution in [0, 0.1) is 0 Å². The highest BCUT2D eigenvalue weighted by molar-refractivity contribution is 6.21. The van der Waals surface area contributed by atoms with Crippen molar-refractivity contribution in [2.75, 3.05) is 99.0 Å². The van der Waals surface area contributed by atoms with Gasteiger partial charge in [0.15, 0.2) is 0 Å². The van der Waals surface area contributed by atoms with Crippen LogP contribution in [0.15, 0.2) is 24.3 Å². The Labute approximate surface area is 220 Å². The number of ether oxygens (including phenoxy) is 7. The molecule has 0 N–H and O–H groups in total. The van der Waals surface area contributed by atoms with E-state index in [4.69, 9.17) is 33.2 Å². The van der Waals surface area contributed by atoms with Crippen molar-refractivity contribution in [3.63, 3.8) is 0 Å². The van der Waals surface area contributed by atoms with Gasteiger partial charge in [0.25, 0.3) is 11.8 Å². The third-order valence-corrected chi connectivity index (χ3v) is 5.46. The van der Waals surface area contributed by atoms with E-state index < -0.39 is 0 Å². The Morgan fingerprint density at radius 2 is 0.865 bits per heavy atom. The van der Waals surface area contributed by atoms with Crippen LogP contribution >= 0.6 is 0 Å². The fraction of sp³-hybridized carbons (Fsp3) is 0.704. The predicted octanol–water partition coefficient (Wildman–Crippen LogP) is 2.59. The number of unbranched alkanes of at least 4 members (excludes halogenated alkanes) is 2. The quantitative estimate of drug-likeness (QED) is 0.141. The third-order valence-electron chi connectivity index (χ3n) is 5.46. The molecule has 0 atom stereocenters. The van der Waals surface area contributed by atoms with E-state index in [1.807, 2.05) is 0 Å². The van der Waals surface area contributed by atoms with Gasteiger partial charge in [0.2, 0.25) is 0 Å². The topological polar surface area (TPSA) is 102 Å². The molecule has 0 aliphatic carbocycles. The molecule has 10 heteroatoms. The van der Waals surface area contributed by atoms with E-state index >= 15 is 0 Å². The maximum Gasteiger partial charge on any atom is 0.261 e. The first-order valence-electron chi connectivity index (χ1n) is 13.2. The number of hydrogen-bond acceptors (Lipinski definition) is 9. The van der Waals surface area contributed by atoms with Gasteiger partial charge in [0.05, 0.1) is 104 Å². The van der Waals surface area contributed by atoms with Crippen LogP contribution in [-0.4, -0.2) is 116 Å². The molecule has 2 amide bonds. The maximum absolute atomic E-state index is 12.3. The Hall–Kier alpha value is -1.92. The van der Waals surface area contributed by atoms with E-state index in [2.05, 4.69) is 6.92 Å². The summed E-state index contributed by atoms with van der Waals surface area (Å²) < 4.78 is 38.2. The molecule has 0 unspecified atom stereocenters. The standard InChI is InChI=1S/C27H43NO9/c1-2-3-6-10-31-12-14-33-16-18-35-20-22-37-23-21-36-19-17-34-15-13-32-11-9-28-26(29)24-7-4-5-8-25(24)27(28)30/h4-5,7-8H,2-3,6,9-23H2,1H3. The van der Waals surface area contributed by atoms with E-state index in [0.29, 0.717) is 90.4 Å². The molecule has 1 aromatic carbocycles. The van der Waals surface area contributed by atoms with E-state index in [1.54, 1.807) is 24.3 Å². The number of benzene rings is 1. The summed E-state index contributed by atoms with van der Waals surface area (Å²) in [7, 11) is 0. The highest BCUT2D eigenvalue weighted by Crippen LogP contribution is 2.21. The number of carbonyl (C=O) groups is 2. The lowest BCUT2D eigenvalue weighted by Crippen LogP contribution is -2.33. The Kier molecular flexibility index (Phi) is 17.8. The van der Waals surface area contributed by atoms with E-state index in [9.17, 15) is 9.59 Å². The van der Waals surface area contributed by atoms with Gasteiger partial charge in [-0.2, -0.15) is 0 Å². The molecule has 10 nitrogen and oxygen atoms in total. The Morgan fingerprint density at radius 1 is 0.514 bits per heavy atom. The SMILES string of the molecule is CCCCCOCCOCCOCCOCCOCCOCCOCCN1C(=O)c2ccccc2C1=O. The molecule has 0 saturated carbocycles. The van der Waals surface area contributed by atoms with Crippen molar-refractivity contribution in [3.05, 3.63) is 35.4 Å². The number of imide groups is 1. The molecule has 0 radical (unpaired) electrons. The summed E-state index contributed by atoms with van der Waals surface area (Å²) in [6, 6.07) is 6.83. The summed E-state index contributed by atoms with van der Waals surface area (Å²) in [5, 5.41) is 0. The Morgan fingerprint density at radius 3 is 1.24 bits per heavy atom. The maximum atomic E-state index is 12.3. The lowest BCUT2D eigenvalue weighted by molar-refractivity contribution is -0.0208. The van der Waals surface area contributed by atoms with Crippen molar-refractivity contribution in [1.29, 1.82) is 0 Å². The highest BCUT2D eigenvalue weighted by Gasteiger charge is 2.34. The molecule has 37 heavy (non-hydrogen) atoms. The second-order valence-corrected chi connectivity index (χ2v) is 8.30. The highest BCUT2D eigenvalue weighted by atomic mass is 16.6. The van der Waals surface area contributed by atoms with Crippen molar-refractivity contribution in [1.82, 2.24) is 4.90 Å². The molecule has 0 bridgehead atoms. The van der Waals surface area contributed by atoms with Gasteiger partial charge in [0, 0.05) is 6.61 Å². The molecule has 1 aliphatic rings. The first-order chi connectivity index (χ1) is 18.3. The summed E-state index contributed by atoms with van der Waals surface area (Å²) in [6.45, 7) is 9.53. The molecule has 1 aromatic rings. The molecule has 0 aromatic heterocycles. The number of fused-ring (bicyclic) bond motifs is 1. The van der Waals surface area contributed by atoms with Gasteiger partial charge in [-0.15, -0.1) is 0 Å². The fourth-order valence-corrected chi connectivity index (χ4v) is 3.47. The minimum atomic E-state index is -0.270. The Bertz CT molecular complexity index is 711. The second-order valence-electron chi connectivity index (χ2n) is 8.30. The lowest BCUT2D eigenvalue weighted by Gasteiger charge is -2.13. The number of rotatable bonds is 25. The third kappa shape index (κ3) is 13.4. The summed E-state index contributed by atoms with van der Waals surface area (Å²) in [4.78, 5) is 25.7. The zero-order valence-electron chi connectivity index (χ0n) is 22.2. The van der Waals surface area contributed by atoms with Crippen LogP contribution in [0.4, 0.5) is 0 Å². The predicted molar refractivity (Wildman–Crippen MR) is 137 cm³/mol. The van der Waals surface area contributed by atoms with Crippen LogP contribution < -0.4 is 0 Å². The molecular weight excluding hydrogens is 482 g/mol.